The second-order valence-electron chi connectivity index (χ2n) is 8.66. The summed E-state index contributed by atoms with van der Waals surface area (Å²) >= 11 is 6.19. The molecular weight excluding hydrogens is 520 g/mol. The molecule has 0 spiro atoms. The molecule has 1 aromatic carbocycles. The Hall–Kier alpha value is -3.27. The number of hydrogen-bond acceptors (Lipinski definition) is 3. The molecule has 1 atom stereocenters. The maximum absolute atomic E-state index is 13.4. The smallest absolute Gasteiger partial charge is 0.366 e. The highest BCUT2D eigenvalue weighted by Gasteiger charge is 2.37. The van der Waals surface area contributed by atoms with Gasteiger partial charge in [-0.05, 0) is 48.3 Å². The Morgan fingerprint density at radius 2 is 1.76 bits per heavy atom. The van der Waals surface area contributed by atoms with Crippen LogP contribution in [-0.2, 0) is 17.1 Å². The number of carbonyl (C=O) groups excluding carboxylic acids is 1. The lowest BCUT2D eigenvalue weighted by molar-refractivity contribution is -0.143. The van der Waals surface area contributed by atoms with Crippen LogP contribution < -0.4 is 5.73 Å². The van der Waals surface area contributed by atoms with Crippen molar-refractivity contribution in [3.05, 3.63) is 93.3 Å². The molecule has 0 radical (unpaired) electrons. The summed E-state index contributed by atoms with van der Waals surface area (Å²) in [6.45, 7) is 3.56. The zero-order chi connectivity index (χ0) is 27.5. The third-order valence-electron chi connectivity index (χ3n) is 5.81. The first kappa shape index (κ1) is 28.3. The molecule has 37 heavy (non-hydrogen) atoms. The fraction of sp³-hybridized carbons (Fsp3) is 0.308. The van der Waals surface area contributed by atoms with Gasteiger partial charge in [0, 0.05) is 29.8 Å². The van der Waals surface area contributed by atoms with E-state index < -0.39 is 35.3 Å². The van der Waals surface area contributed by atoms with Gasteiger partial charge < -0.3 is 5.73 Å². The van der Waals surface area contributed by atoms with Crippen LogP contribution in [-0.4, -0.2) is 16.6 Å². The Labute approximate surface area is 215 Å². The van der Waals surface area contributed by atoms with Crippen molar-refractivity contribution >= 4 is 23.2 Å². The summed E-state index contributed by atoms with van der Waals surface area (Å²) in [5, 5.41) is 6.05. The highest BCUT2D eigenvalue weighted by atomic mass is 35.5. The molecule has 0 fully saturated rings. The second kappa shape index (κ2) is 11.0. The molecule has 2 N–H and O–H groups in total. The third-order valence-corrected chi connectivity index (χ3v) is 6.07. The number of nitrogens with two attached hydrogens (primary N) is 1. The molecule has 0 saturated heterocycles. The van der Waals surface area contributed by atoms with Crippen LogP contribution in [0.2, 0.25) is 0 Å². The molecule has 1 aromatic rings. The number of hydrogen-bond donors (Lipinski definition) is 1. The first-order chi connectivity index (χ1) is 17.2. The lowest BCUT2D eigenvalue weighted by Gasteiger charge is -2.19. The predicted octanol–water partition coefficient (Wildman–Crippen LogP) is 7.44. The van der Waals surface area contributed by atoms with Crippen molar-refractivity contribution in [3.8, 4) is 0 Å². The molecule has 198 valence electrons. The number of carbonyl (C=O) groups is 1. The summed E-state index contributed by atoms with van der Waals surface area (Å²) < 4.78 is 80.6. The van der Waals surface area contributed by atoms with Gasteiger partial charge in [0.05, 0.1) is 22.4 Å². The average Bonchev–Trinajstić information content (AvgIpc) is 3.10. The summed E-state index contributed by atoms with van der Waals surface area (Å²) in [4.78, 5) is 12.4. The number of amides is 1. The van der Waals surface area contributed by atoms with Crippen LogP contribution in [0, 0.1) is 5.92 Å². The van der Waals surface area contributed by atoms with E-state index in [9.17, 15) is 31.1 Å². The van der Waals surface area contributed by atoms with Gasteiger partial charge in [0.1, 0.15) is 0 Å². The van der Waals surface area contributed by atoms with Gasteiger partial charge in [-0.2, -0.15) is 31.4 Å². The number of benzene rings is 1. The lowest BCUT2D eigenvalue weighted by Crippen LogP contribution is -2.20. The van der Waals surface area contributed by atoms with E-state index in [1.165, 1.54) is 17.4 Å². The number of halogens is 7. The van der Waals surface area contributed by atoms with E-state index in [0.29, 0.717) is 35.6 Å². The molecular formula is C26H24ClF6N3O. The van der Waals surface area contributed by atoms with Gasteiger partial charge in [0.15, 0.2) is 0 Å². The van der Waals surface area contributed by atoms with Crippen LogP contribution in [0.1, 0.15) is 49.8 Å². The van der Waals surface area contributed by atoms with Gasteiger partial charge in [0.2, 0.25) is 0 Å². The Morgan fingerprint density at radius 3 is 2.30 bits per heavy atom. The van der Waals surface area contributed by atoms with Crippen LogP contribution in [0.25, 0.3) is 0 Å². The molecule has 0 saturated carbocycles. The van der Waals surface area contributed by atoms with Crippen molar-refractivity contribution in [2.75, 3.05) is 0 Å². The molecule has 0 aromatic heterocycles. The average molecular weight is 544 g/mol. The molecule has 2 aliphatic rings. The SMILES string of the molecule is CCC1=CC(C(=CN2C=CCC(C)C(c3cc(C(F)(F)F)cc(C(F)(F)F)c3)=N2)C(N)=O)=CC=C(Cl)C1. The van der Waals surface area contributed by atoms with Gasteiger partial charge in [-0.1, -0.05) is 49.2 Å². The highest BCUT2D eigenvalue weighted by molar-refractivity contribution is 6.30. The number of rotatable bonds is 5. The fourth-order valence-corrected chi connectivity index (χ4v) is 4.07. The summed E-state index contributed by atoms with van der Waals surface area (Å²) in [5.41, 5.74) is 3.84. The molecule has 0 bridgehead atoms. The molecule has 1 heterocycles. The monoisotopic (exact) mass is 543 g/mol. The normalized spacial score (nSPS) is 19.4. The predicted molar refractivity (Wildman–Crippen MR) is 130 cm³/mol. The maximum atomic E-state index is 13.4. The van der Waals surface area contributed by atoms with E-state index in [1.807, 2.05) is 6.92 Å². The van der Waals surface area contributed by atoms with Crippen LogP contribution >= 0.6 is 11.6 Å². The maximum Gasteiger partial charge on any atom is 0.416 e. The number of hydrazone groups is 1. The second-order valence-corrected chi connectivity index (χ2v) is 9.14. The van der Waals surface area contributed by atoms with Gasteiger partial charge in [-0.25, -0.2) is 5.01 Å². The Bertz CT molecular complexity index is 1220. The Morgan fingerprint density at radius 1 is 1.14 bits per heavy atom. The summed E-state index contributed by atoms with van der Waals surface area (Å²) in [6, 6.07) is 1.36. The van der Waals surface area contributed by atoms with Crippen molar-refractivity contribution in [2.45, 2.75) is 45.5 Å². The largest absolute Gasteiger partial charge is 0.416 e. The summed E-state index contributed by atoms with van der Waals surface area (Å²) in [6.07, 6.45) is 0.859. The number of alkyl halides is 6. The van der Waals surface area contributed by atoms with E-state index in [2.05, 4.69) is 5.10 Å². The van der Waals surface area contributed by atoms with Crippen molar-refractivity contribution in [3.63, 3.8) is 0 Å². The van der Waals surface area contributed by atoms with Crippen LogP contribution in [0.4, 0.5) is 26.3 Å². The zero-order valence-electron chi connectivity index (χ0n) is 19.9. The lowest BCUT2D eigenvalue weighted by atomic mass is 9.93. The van der Waals surface area contributed by atoms with Gasteiger partial charge in [-0.3, -0.25) is 4.79 Å². The topological polar surface area (TPSA) is 58.7 Å². The number of primary amides is 1. The Balaban J connectivity index is 2.16. The van der Waals surface area contributed by atoms with E-state index in [4.69, 9.17) is 17.3 Å². The standard InChI is InChI=1S/C26H24ClF6N3O/c1-3-16-9-17(6-7-21(27)10-16)22(24(34)37)14-36-8-4-5-15(2)23(35-36)18-11-19(25(28,29)30)13-20(12-18)26(31,32)33/h4,6-9,11-15H,3,5,10H2,1-2H3,(H2,34,37). The number of nitrogens with zero attached hydrogens (tertiary/aromatic N) is 2. The van der Waals surface area contributed by atoms with Gasteiger partial charge >= 0.3 is 12.4 Å². The summed E-state index contributed by atoms with van der Waals surface area (Å²) in [5.74, 6) is -1.33. The minimum atomic E-state index is -4.99. The van der Waals surface area contributed by atoms with E-state index in [-0.39, 0.29) is 29.3 Å². The third kappa shape index (κ3) is 7.15. The van der Waals surface area contributed by atoms with Gasteiger partial charge in [0.25, 0.3) is 5.91 Å². The first-order valence-electron chi connectivity index (χ1n) is 11.3. The molecule has 1 amide bonds. The van der Waals surface area contributed by atoms with Crippen LogP contribution in [0.5, 0.6) is 0 Å². The quantitative estimate of drug-likeness (QED) is 0.310. The van der Waals surface area contributed by atoms with Crippen molar-refractivity contribution in [1.82, 2.24) is 5.01 Å². The van der Waals surface area contributed by atoms with Gasteiger partial charge in [-0.15, -0.1) is 0 Å². The van der Waals surface area contributed by atoms with E-state index >= 15 is 0 Å². The van der Waals surface area contributed by atoms with Crippen molar-refractivity contribution in [1.29, 1.82) is 0 Å². The fourth-order valence-electron chi connectivity index (χ4n) is 3.84. The highest BCUT2D eigenvalue weighted by Crippen LogP contribution is 2.37. The Kier molecular flexibility index (Phi) is 8.42. The summed E-state index contributed by atoms with van der Waals surface area (Å²) in [7, 11) is 0. The van der Waals surface area contributed by atoms with Crippen LogP contribution in [0.15, 0.2) is 81.8 Å². The molecule has 4 nitrogen and oxygen atoms in total. The molecule has 1 aliphatic heterocycles. The first-order valence-corrected chi connectivity index (χ1v) is 11.7. The molecule has 1 aliphatic carbocycles. The molecule has 3 rings (SSSR count). The molecule has 1 unspecified atom stereocenters. The zero-order valence-corrected chi connectivity index (χ0v) is 20.7. The van der Waals surface area contributed by atoms with Crippen LogP contribution in [0.3, 0.4) is 0 Å². The van der Waals surface area contributed by atoms with Crippen molar-refractivity contribution in [2.24, 2.45) is 16.8 Å². The minimum Gasteiger partial charge on any atom is -0.366 e. The minimum absolute atomic E-state index is 0.00996. The van der Waals surface area contributed by atoms with Crippen molar-refractivity contribution < 1.29 is 31.1 Å². The van der Waals surface area contributed by atoms with E-state index in [0.717, 1.165) is 5.57 Å². The molecule has 11 heteroatoms. The number of allylic oxidation sites excluding steroid dienone is 6. The van der Waals surface area contributed by atoms with E-state index in [1.54, 1.807) is 31.2 Å².